The maximum atomic E-state index is 5.96. The zero-order valence-corrected chi connectivity index (χ0v) is 12.4. The van der Waals surface area contributed by atoms with Crippen LogP contribution in [0.15, 0.2) is 18.2 Å². The van der Waals surface area contributed by atoms with E-state index in [0.29, 0.717) is 5.69 Å². The molecule has 0 radical (unpaired) electrons. The maximum Gasteiger partial charge on any atom is 0.141 e. The molecule has 0 bridgehead atoms. The molecule has 2 rings (SSSR count). The van der Waals surface area contributed by atoms with E-state index in [9.17, 15) is 0 Å². The summed E-state index contributed by atoms with van der Waals surface area (Å²) >= 11 is 0. The third kappa shape index (κ3) is 3.19. The van der Waals surface area contributed by atoms with Crippen LogP contribution in [0.3, 0.4) is 0 Å². The number of benzene rings is 1. The van der Waals surface area contributed by atoms with Crippen molar-refractivity contribution in [2.45, 2.75) is 25.9 Å². The van der Waals surface area contributed by atoms with Gasteiger partial charge in [-0.3, -0.25) is 9.80 Å². The predicted octanol–water partition coefficient (Wildman–Crippen LogP) is 1.80. The van der Waals surface area contributed by atoms with Crippen LogP contribution in [0.4, 0.5) is 5.69 Å². The average molecular weight is 263 g/mol. The number of methoxy groups -OCH3 is 1. The maximum absolute atomic E-state index is 5.96. The molecule has 0 amide bonds. The number of rotatable bonds is 3. The van der Waals surface area contributed by atoms with E-state index in [0.717, 1.165) is 31.9 Å². The minimum atomic E-state index is 0.232. The van der Waals surface area contributed by atoms with Gasteiger partial charge in [0.05, 0.1) is 12.8 Å². The molecule has 0 saturated carbocycles. The van der Waals surface area contributed by atoms with Crippen molar-refractivity contribution in [3.8, 4) is 5.75 Å². The van der Waals surface area contributed by atoms with Crippen molar-refractivity contribution in [1.82, 2.24) is 9.80 Å². The number of anilines is 1. The van der Waals surface area contributed by atoms with Gasteiger partial charge in [0.25, 0.3) is 0 Å². The Morgan fingerprint density at radius 2 is 2.05 bits per heavy atom. The normalized spacial score (nSPS) is 20.4. The Morgan fingerprint density at radius 1 is 1.32 bits per heavy atom. The lowest BCUT2D eigenvalue weighted by molar-refractivity contribution is 0.0360. The molecular weight excluding hydrogens is 238 g/mol. The fraction of sp³-hybridized carbons (Fsp3) is 0.600. The first-order valence-electron chi connectivity index (χ1n) is 6.78. The summed E-state index contributed by atoms with van der Waals surface area (Å²) in [6.45, 7) is 8.83. The van der Waals surface area contributed by atoms with E-state index in [1.165, 1.54) is 5.56 Å². The summed E-state index contributed by atoms with van der Waals surface area (Å²) in [5, 5.41) is 0. The van der Waals surface area contributed by atoms with Crippen LogP contribution < -0.4 is 10.5 Å². The van der Waals surface area contributed by atoms with Gasteiger partial charge in [-0.2, -0.15) is 0 Å². The van der Waals surface area contributed by atoms with Crippen molar-refractivity contribution in [2.75, 3.05) is 39.5 Å². The summed E-state index contributed by atoms with van der Waals surface area (Å²) in [6.07, 6.45) is 0. The SMILES string of the molecule is COc1ccc(CN2CCN(C)C(C)(C)C2)cc1N. The Bertz CT molecular complexity index is 445. The Morgan fingerprint density at radius 3 is 2.63 bits per heavy atom. The van der Waals surface area contributed by atoms with E-state index >= 15 is 0 Å². The molecule has 4 nitrogen and oxygen atoms in total. The van der Waals surface area contributed by atoms with E-state index in [-0.39, 0.29) is 5.54 Å². The third-order valence-electron chi connectivity index (χ3n) is 4.10. The van der Waals surface area contributed by atoms with Crippen LogP contribution in [0.2, 0.25) is 0 Å². The molecule has 0 atom stereocenters. The lowest BCUT2D eigenvalue weighted by atomic mass is 9.99. The highest BCUT2D eigenvalue weighted by Gasteiger charge is 2.30. The second-order valence-electron chi connectivity index (χ2n) is 6.02. The molecule has 106 valence electrons. The smallest absolute Gasteiger partial charge is 0.141 e. The fourth-order valence-corrected chi connectivity index (χ4v) is 2.62. The molecule has 0 aliphatic carbocycles. The van der Waals surface area contributed by atoms with E-state index in [1.54, 1.807) is 7.11 Å². The summed E-state index contributed by atoms with van der Waals surface area (Å²) in [4.78, 5) is 4.91. The first-order valence-corrected chi connectivity index (χ1v) is 6.78. The van der Waals surface area contributed by atoms with Gasteiger partial charge in [0.1, 0.15) is 5.75 Å². The van der Waals surface area contributed by atoms with Gasteiger partial charge >= 0.3 is 0 Å². The summed E-state index contributed by atoms with van der Waals surface area (Å²) in [7, 11) is 3.84. The van der Waals surface area contributed by atoms with E-state index in [4.69, 9.17) is 10.5 Å². The van der Waals surface area contributed by atoms with Gasteiger partial charge in [0.15, 0.2) is 0 Å². The minimum Gasteiger partial charge on any atom is -0.495 e. The third-order valence-corrected chi connectivity index (χ3v) is 4.10. The van der Waals surface area contributed by atoms with Crippen LogP contribution in [-0.4, -0.2) is 49.1 Å². The molecule has 1 aromatic rings. The van der Waals surface area contributed by atoms with E-state index in [1.807, 2.05) is 12.1 Å². The van der Waals surface area contributed by atoms with Gasteiger partial charge in [0.2, 0.25) is 0 Å². The highest BCUT2D eigenvalue weighted by molar-refractivity contribution is 5.54. The van der Waals surface area contributed by atoms with Gasteiger partial charge in [-0.05, 0) is 38.6 Å². The number of ether oxygens (including phenoxy) is 1. The summed E-state index contributed by atoms with van der Waals surface area (Å²) in [6, 6.07) is 6.07. The molecule has 0 aromatic heterocycles. The zero-order valence-electron chi connectivity index (χ0n) is 12.4. The van der Waals surface area contributed by atoms with Crippen LogP contribution in [-0.2, 0) is 6.54 Å². The van der Waals surface area contributed by atoms with Crippen LogP contribution in [0.25, 0.3) is 0 Å². The second-order valence-corrected chi connectivity index (χ2v) is 6.02. The summed E-state index contributed by atoms with van der Waals surface area (Å²) < 4.78 is 5.19. The van der Waals surface area contributed by atoms with E-state index in [2.05, 4.69) is 36.8 Å². The first kappa shape index (κ1) is 14.2. The Labute approximate surface area is 116 Å². The van der Waals surface area contributed by atoms with Gasteiger partial charge in [-0.25, -0.2) is 0 Å². The predicted molar refractivity (Wildman–Crippen MR) is 79.4 cm³/mol. The Hall–Kier alpha value is -1.26. The molecule has 1 aromatic carbocycles. The average Bonchev–Trinajstić information content (AvgIpc) is 2.34. The van der Waals surface area contributed by atoms with E-state index < -0.39 is 0 Å². The molecule has 1 saturated heterocycles. The number of piperazine rings is 1. The molecule has 1 fully saturated rings. The molecule has 19 heavy (non-hydrogen) atoms. The number of nitrogen functional groups attached to an aromatic ring is 1. The van der Waals surface area contributed by atoms with Crippen molar-refractivity contribution in [3.05, 3.63) is 23.8 Å². The lowest BCUT2D eigenvalue weighted by Crippen LogP contribution is -2.57. The van der Waals surface area contributed by atoms with Gasteiger partial charge < -0.3 is 10.5 Å². The molecule has 2 N–H and O–H groups in total. The Balaban J connectivity index is 2.04. The molecule has 0 unspecified atom stereocenters. The quantitative estimate of drug-likeness (QED) is 0.844. The minimum absolute atomic E-state index is 0.232. The fourth-order valence-electron chi connectivity index (χ4n) is 2.62. The summed E-state index contributed by atoms with van der Waals surface area (Å²) in [5.41, 5.74) is 8.16. The van der Waals surface area contributed by atoms with Gasteiger partial charge in [0, 0.05) is 31.7 Å². The second kappa shape index (κ2) is 5.39. The van der Waals surface area contributed by atoms with Crippen LogP contribution in [0.5, 0.6) is 5.75 Å². The highest BCUT2D eigenvalue weighted by atomic mass is 16.5. The van der Waals surface area contributed by atoms with Gasteiger partial charge in [-0.15, -0.1) is 0 Å². The first-order chi connectivity index (χ1) is 8.92. The topological polar surface area (TPSA) is 41.7 Å². The van der Waals surface area contributed by atoms with Crippen molar-refractivity contribution in [1.29, 1.82) is 0 Å². The Kier molecular flexibility index (Phi) is 4.02. The zero-order chi connectivity index (χ0) is 14.0. The largest absolute Gasteiger partial charge is 0.495 e. The van der Waals surface area contributed by atoms with Crippen molar-refractivity contribution < 1.29 is 4.74 Å². The lowest BCUT2D eigenvalue weighted by Gasteiger charge is -2.45. The molecule has 1 heterocycles. The number of likely N-dealkylation sites (N-methyl/N-ethyl adjacent to an activating group) is 1. The monoisotopic (exact) mass is 263 g/mol. The molecule has 1 aliphatic heterocycles. The van der Waals surface area contributed by atoms with Crippen molar-refractivity contribution in [2.24, 2.45) is 0 Å². The number of nitrogens with zero attached hydrogens (tertiary/aromatic N) is 2. The van der Waals surface area contributed by atoms with Crippen molar-refractivity contribution >= 4 is 5.69 Å². The standard InChI is InChI=1S/C15H25N3O/c1-15(2)11-18(8-7-17(15)3)10-12-5-6-14(19-4)13(16)9-12/h5-6,9H,7-8,10-11,16H2,1-4H3. The molecule has 0 spiro atoms. The van der Waals surface area contributed by atoms with Crippen molar-refractivity contribution in [3.63, 3.8) is 0 Å². The highest BCUT2D eigenvalue weighted by Crippen LogP contribution is 2.24. The van der Waals surface area contributed by atoms with Crippen LogP contribution in [0, 0.1) is 0 Å². The molecule has 4 heteroatoms. The van der Waals surface area contributed by atoms with Crippen LogP contribution >= 0.6 is 0 Å². The van der Waals surface area contributed by atoms with Gasteiger partial charge in [-0.1, -0.05) is 6.07 Å². The summed E-state index contributed by atoms with van der Waals surface area (Å²) in [5.74, 6) is 0.752. The molecule has 1 aliphatic rings. The molecular formula is C15H25N3O. The number of hydrogen-bond acceptors (Lipinski definition) is 4. The number of nitrogens with two attached hydrogens (primary N) is 1. The number of hydrogen-bond donors (Lipinski definition) is 1. The van der Waals surface area contributed by atoms with Crippen LogP contribution in [0.1, 0.15) is 19.4 Å².